The normalized spacial score (nSPS) is 14.0. The number of likely N-dealkylation sites (N-methyl/N-ethyl adjacent to an activating group) is 1. The van der Waals surface area contributed by atoms with Crippen molar-refractivity contribution in [2.45, 2.75) is 25.3 Å². The summed E-state index contributed by atoms with van der Waals surface area (Å²) in [5.41, 5.74) is 2.41. The zero-order chi connectivity index (χ0) is 16.1. The quantitative estimate of drug-likeness (QED) is 0.785. The SMILES string of the molecule is CN(C)CCNc1nc(NCc2ccccc2)cc(C2CC2)n1. The van der Waals surface area contributed by atoms with Crippen LogP contribution in [0.4, 0.5) is 11.8 Å². The number of benzene rings is 1. The highest BCUT2D eigenvalue weighted by Gasteiger charge is 2.26. The molecule has 0 aliphatic heterocycles. The lowest BCUT2D eigenvalue weighted by Crippen LogP contribution is -2.21. The van der Waals surface area contributed by atoms with Crippen LogP contribution in [0, 0.1) is 0 Å². The molecule has 5 nitrogen and oxygen atoms in total. The fourth-order valence-corrected chi connectivity index (χ4v) is 2.40. The second-order valence-electron chi connectivity index (χ2n) is 6.35. The topological polar surface area (TPSA) is 53.1 Å². The van der Waals surface area contributed by atoms with Gasteiger partial charge in [0.05, 0.1) is 5.69 Å². The lowest BCUT2D eigenvalue weighted by Gasteiger charge is -2.13. The molecule has 0 unspecified atom stereocenters. The molecule has 23 heavy (non-hydrogen) atoms. The van der Waals surface area contributed by atoms with Gasteiger partial charge in [-0.25, -0.2) is 4.98 Å². The zero-order valence-electron chi connectivity index (χ0n) is 13.9. The van der Waals surface area contributed by atoms with E-state index in [1.165, 1.54) is 18.4 Å². The smallest absolute Gasteiger partial charge is 0.224 e. The van der Waals surface area contributed by atoms with Crippen molar-refractivity contribution in [1.29, 1.82) is 0 Å². The summed E-state index contributed by atoms with van der Waals surface area (Å²) in [6.45, 7) is 2.59. The average Bonchev–Trinajstić information content (AvgIpc) is 3.38. The summed E-state index contributed by atoms with van der Waals surface area (Å²) in [5.74, 6) is 2.24. The van der Waals surface area contributed by atoms with Gasteiger partial charge in [-0.05, 0) is 32.5 Å². The molecule has 122 valence electrons. The maximum Gasteiger partial charge on any atom is 0.224 e. The third-order valence-corrected chi connectivity index (χ3v) is 3.90. The van der Waals surface area contributed by atoms with E-state index < -0.39 is 0 Å². The van der Waals surface area contributed by atoms with Gasteiger partial charge in [0, 0.05) is 31.6 Å². The van der Waals surface area contributed by atoms with Crippen LogP contribution in [0.5, 0.6) is 0 Å². The van der Waals surface area contributed by atoms with E-state index in [9.17, 15) is 0 Å². The van der Waals surface area contributed by atoms with E-state index in [2.05, 4.69) is 69.9 Å². The molecule has 1 aliphatic carbocycles. The van der Waals surface area contributed by atoms with Crippen LogP contribution in [-0.2, 0) is 6.54 Å². The zero-order valence-corrected chi connectivity index (χ0v) is 13.9. The molecular formula is C18H25N5. The Morgan fingerprint density at radius 2 is 1.87 bits per heavy atom. The minimum atomic E-state index is 0.615. The van der Waals surface area contributed by atoms with Gasteiger partial charge in [-0.3, -0.25) is 0 Å². The molecule has 1 saturated carbocycles. The van der Waals surface area contributed by atoms with Gasteiger partial charge in [0.1, 0.15) is 5.82 Å². The molecule has 1 aliphatic rings. The molecule has 1 fully saturated rings. The van der Waals surface area contributed by atoms with Gasteiger partial charge in [0.25, 0.3) is 0 Å². The van der Waals surface area contributed by atoms with E-state index in [0.29, 0.717) is 5.92 Å². The summed E-state index contributed by atoms with van der Waals surface area (Å²) in [6.07, 6.45) is 2.48. The van der Waals surface area contributed by atoms with Crippen molar-refractivity contribution in [2.24, 2.45) is 0 Å². The van der Waals surface area contributed by atoms with Gasteiger partial charge < -0.3 is 15.5 Å². The Kier molecular flexibility index (Phi) is 5.08. The van der Waals surface area contributed by atoms with E-state index in [1.54, 1.807) is 0 Å². The first-order valence-corrected chi connectivity index (χ1v) is 8.26. The minimum absolute atomic E-state index is 0.615. The molecule has 3 rings (SSSR count). The molecule has 0 atom stereocenters. The van der Waals surface area contributed by atoms with Crippen molar-refractivity contribution in [1.82, 2.24) is 14.9 Å². The molecule has 0 spiro atoms. The first-order valence-electron chi connectivity index (χ1n) is 8.26. The highest BCUT2D eigenvalue weighted by molar-refractivity contribution is 5.44. The van der Waals surface area contributed by atoms with Gasteiger partial charge >= 0.3 is 0 Å². The fraction of sp³-hybridized carbons (Fsp3) is 0.444. The van der Waals surface area contributed by atoms with E-state index in [-0.39, 0.29) is 0 Å². The Hall–Kier alpha value is -2.14. The van der Waals surface area contributed by atoms with Crippen LogP contribution in [0.1, 0.15) is 30.0 Å². The van der Waals surface area contributed by atoms with Crippen LogP contribution in [0.3, 0.4) is 0 Å². The second kappa shape index (κ2) is 7.42. The molecular weight excluding hydrogens is 286 g/mol. The van der Waals surface area contributed by atoms with Crippen molar-refractivity contribution in [3.05, 3.63) is 47.7 Å². The Labute approximate surface area is 138 Å². The van der Waals surface area contributed by atoms with Crippen LogP contribution < -0.4 is 10.6 Å². The number of nitrogens with zero attached hydrogens (tertiary/aromatic N) is 3. The summed E-state index contributed by atoms with van der Waals surface area (Å²) in [4.78, 5) is 11.4. The van der Waals surface area contributed by atoms with Crippen LogP contribution >= 0.6 is 0 Å². The Bertz CT molecular complexity index is 623. The van der Waals surface area contributed by atoms with Crippen molar-refractivity contribution in [2.75, 3.05) is 37.8 Å². The highest BCUT2D eigenvalue weighted by atomic mass is 15.2. The van der Waals surface area contributed by atoms with E-state index in [0.717, 1.165) is 37.1 Å². The Balaban J connectivity index is 1.66. The van der Waals surface area contributed by atoms with Crippen LogP contribution in [0.15, 0.2) is 36.4 Å². The maximum absolute atomic E-state index is 4.67. The summed E-state index contributed by atoms with van der Waals surface area (Å²) in [5, 5.41) is 6.76. The number of hydrogen-bond acceptors (Lipinski definition) is 5. The molecule has 2 N–H and O–H groups in total. The van der Waals surface area contributed by atoms with Crippen molar-refractivity contribution in [3.63, 3.8) is 0 Å². The highest BCUT2D eigenvalue weighted by Crippen LogP contribution is 2.39. The standard InChI is InChI=1S/C18H25N5/c1-23(2)11-10-19-18-21-16(15-8-9-15)12-17(22-18)20-13-14-6-4-3-5-7-14/h3-7,12,15H,8-11,13H2,1-2H3,(H2,19,20,21,22). The molecule has 0 bridgehead atoms. The first-order chi connectivity index (χ1) is 11.2. The predicted octanol–water partition coefficient (Wildman–Crippen LogP) is 2.94. The fourth-order valence-electron chi connectivity index (χ4n) is 2.40. The maximum atomic E-state index is 4.67. The number of nitrogens with one attached hydrogen (secondary N) is 2. The lowest BCUT2D eigenvalue weighted by molar-refractivity contribution is 0.425. The summed E-state index contributed by atoms with van der Waals surface area (Å²) in [6, 6.07) is 12.5. The molecule has 2 aromatic rings. The third-order valence-electron chi connectivity index (χ3n) is 3.90. The van der Waals surface area contributed by atoms with Gasteiger partial charge in [0.2, 0.25) is 5.95 Å². The molecule has 1 heterocycles. The summed E-state index contributed by atoms with van der Waals surface area (Å²) < 4.78 is 0. The number of hydrogen-bond donors (Lipinski definition) is 2. The molecule has 1 aromatic carbocycles. The van der Waals surface area contributed by atoms with E-state index in [1.807, 2.05) is 6.07 Å². The Morgan fingerprint density at radius 3 is 2.57 bits per heavy atom. The minimum Gasteiger partial charge on any atom is -0.366 e. The second-order valence-corrected chi connectivity index (χ2v) is 6.35. The number of aromatic nitrogens is 2. The van der Waals surface area contributed by atoms with Crippen LogP contribution in [0.2, 0.25) is 0 Å². The first kappa shape index (κ1) is 15.7. The van der Waals surface area contributed by atoms with Gasteiger partial charge in [-0.2, -0.15) is 4.98 Å². The Morgan fingerprint density at radius 1 is 1.09 bits per heavy atom. The van der Waals surface area contributed by atoms with E-state index >= 15 is 0 Å². The molecule has 0 radical (unpaired) electrons. The summed E-state index contributed by atoms with van der Waals surface area (Å²) >= 11 is 0. The number of anilines is 2. The van der Waals surface area contributed by atoms with Crippen molar-refractivity contribution in [3.8, 4) is 0 Å². The molecule has 0 amide bonds. The van der Waals surface area contributed by atoms with Gasteiger partial charge in [0.15, 0.2) is 0 Å². The van der Waals surface area contributed by atoms with Crippen molar-refractivity contribution < 1.29 is 0 Å². The van der Waals surface area contributed by atoms with Crippen LogP contribution in [0.25, 0.3) is 0 Å². The van der Waals surface area contributed by atoms with Crippen LogP contribution in [-0.4, -0.2) is 42.1 Å². The predicted molar refractivity (Wildman–Crippen MR) is 94.8 cm³/mol. The lowest BCUT2D eigenvalue weighted by atomic mass is 10.2. The average molecular weight is 311 g/mol. The van der Waals surface area contributed by atoms with Crippen molar-refractivity contribution >= 4 is 11.8 Å². The molecule has 1 aromatic heterocycles. The molecule has 0 saturated heterocycles. The van der Waals surface area contributed by atoms with E-state index in [4.69, 9.17) is 0 Å². The third kappa shape index (κ3) is 4.93. The van der Waals surface area contributed by atoms with Gasteiger partial charge in [-0.15, -0.1) is 0 Å². The largest absolute Gasteiger partial charge is 0.366 e. The summed E-state index contributed by atoms with van der Waals surface area (Å²) in [7, 11) is 4.13. The number of rotatable bonds is 8. The monoisotopic (exact) mass is 311 g/mol. The molecule has 5 heteroatoms. The van der Waals surface area contributed by atoms with Gasteiger partial charge in [-0.1, -0.05) is 30.3 Å².